The molecule has 27 heavy (non-hydrogen) atoms. The molecule has 0 saturated carbocycles. The van der Waals surface area contributed by atoms with E-state index in [1.165, 1.54) is 7.11 Å². The molecule has 7 nitrogen and oxygen atoms in total. The number of nitrogens with one attached hydrogen (secondary N) is 2. The van der Waals surface area contributed by atoms with Crippen LogP contribution in [0.3, 0.4) is 0 Å². The van der Waals surface area contributed by atoms with Gasteiger partial charge in [-0.15, -0.1) is 0 Å². The Bertz CT molecular complexity index is 820. The normalized spacial score (nSPS) is 10.0. The summed E-state index contributed by atoms with van der Waals surface area (Å²) in [5.74, 6) is -0.794. The largest absolute Gasteiger partial charge is 0.495 e. The smallest absolute Gasteiger partial charge is 0.308 e. The number of carbonyl (C=O) groups excluding carboxylic acids is 3. The second kappa shape index (κ2) is 9.96. The van der Waals surface area contributed by atoms with Crippen LogP contribution in [0, 0.1) is 6.92 Å². The molecular weight excluding hydrogens is 348 g/mol. The summed E-state index contributed by atoms with van der Waals surface area (Å²) in [5.41, 5.74) is 1.90. The molecule has 0 fully saturated rings. The van der Waals surface area contributed by atoms with Crippen molar-refractivity contribution < 1.29 is 23.9 Å². The Hall–Kier alpha value is -3.35. The van der Waals surface area contributed by atoms with Gasteiger partial charge in [0.25, 0.3) is 11.8 Å². The van der Waals surface area contributed by atoms with Crippen LogP contribution in [-0.2, 0) is 14.3 Å². The maximum Gasteiger partial charge on any atom is 0.308 e. The van der Waals surface area contributed by atoms with E-state index in [4.69, 9.17) is 9.47 Å². The number of ether oxygens (including phenoxy) is 2. The van der Waals surface area contributed by atoms with E-state index in [-0.39, 0.29) is 18.9 Å². The average molecular weight is 370 g/mol. The molecule has 0 saturated heterocycles. The summed E-state index contributed by atoms with van der Waals surface area (Å²) in [6.07, 6.45) is -0.0282. The van der Waals surface area contributed by atoms with Crippen molar-refractivity contribution >= 4 is 23.5 Å². The summed E-state index contributed by atoms with van der Waals surface area (Å²) in [6, 6.07) is 14.1. The number of anilines is 1. The summed E-state index contributed by atoms with van der Waals surface area (Å²) in [5, 5.41) is 5.26. The summed E-state index contributed by atoms with van der Waals surface area (Å²) < 4.78 is 10.0. The number of hydrogen-bond acceptors (Lipinski definition) is 5. The molecule has 0 bridgehead atoms. The lowest BCUT2D eigenvalue weighted by Crippen LogP contribution is -2.28. The highest BCUT2D eigenvalue weighted by molar-refractivity contribution is 5.96. The molecular formula is C20H22N2O5. The molecule has 142 valence electrons. The Morgan fingerprint density at radius 3 is 2.44 bits per heavy atom. The molecule has 2 amide bonds. The molecule has 0 aliphatic rings. The first-order valence-electron chi connectivity index (χ1n) is 8.43. The number of amides is 2. The summed E-state index contributed by atoms with van der Waals surface area (Å²) in [4.78, 5) is 35.6. The number of methoxy groups -OCH3 is 1. The van der Waals surface area contributed by atoms with Crippen LogP contribution < -0.4 is 15.4 Å². The number of para-hydroxylation sites is 2. The predicted octanol–water partition coefficient (Wildman–Crippen LogP) is 2.31. The fourth-order valence-corrected chi connectivity index (χ4v) is 2.35. The highest BCUT2D eigenvalue weighted by Crippen LogP contribution is 2.22. The van der Waals surface area contributed by atoms with Crippen LogP contribution in [0.4, 0.5) is 5.69 Å². The van der Waals surface area contributed by atoms with Crippen molar-refractivity contribution in [3.8, 4) is 5.75 Å². The van der Waals surface area contributed by atoms with Crippen molar-refractivity contribution in [2.75, 3.05) is 25.6 Å². The van der Waals surface area contributed by atoms with Gasteiger partial charge in [0.15, 0.2) is 6.61 Å². The van der Waals surface area contributed by atoms with E-state index < -0.39 is 18.5 Å². The number of aryl methyl sites for hydroxylation is 1. The lowest BCUT2D eigenvalue weighted by atomic mass is 10.1. The van der Waals surface area contributed by atoms with E-state index in [1.807, 2.05) is 19.1 Å². The lowest BCUT2D eigenvalue weighted by Gasteiger charge is -2.10. The van der Waals surface area contributed by atoms with Crippen molar-refractivity contribution in [2.24, 2.45) is 0 Å². The van der Waals surface area contributed by atoms with Gasteiger partial charge in [-0.05, 0) is 30.7 Å². The first-order chi connectivity index (χ1) is 13.0. The van der Waals surface area contributed by atoms with Gasteiger partial charge in [-0.1, -0.05) is 30.3 Å². The first kappa shape index (κ1) is 20.0. The Morgan fingerprint density at radius 2 is 1.70 bits per heavy atom. The van der Waals surface area contributed by atoms with E-state index >= 15 is 0 Å². The van der Waals surface area contributed by atoms with Gasteiger partial charge in [0.2, 0.25) is 0 Å². The molecule has 0 radical (unpaired) electrons. The van der Waals surface area contributed by atoms with Crippen molar-refractivity contribution in [1.82, 2.24) is 5.32 Å². The zero-order valence-electron chi connectivity index (χ0n) is 15.3. The molecule has 2 aromatic carbocycles. The summed E-state index contributed by atoms with van der Waals surface area (Å²) in [6.45, 7) is 1.55. The van der Waals surface area contributed by atoms with Crippen molar-refractivity contribution in [3.05, 3.63) is 59.7 Å². The second-order valence-corrected chi connectivity index (χ2v) is 5.73. The van der Waals surface area contributed by atoms with Crippen LogP contribution >= 0.6 is 0 Å². The van der Waals surface area contributed by atoms with E-state index in [2.05, 4.69) is 10.6 Å². The molecule has 7 heteroatoms. The number of rotatable bonds is 8. The Morgan fingerprint density at radius 1 is 1.00 bits per heavy atom. The lowest BCUT2D eigenvalue weighted by molar-refractivity contribution is -0.147. The Labute approximate surface area is 157 Å². The quantitative estimate of drug-likeness (QED) is 0.696. The number of esters is 1. The van der Waals surface area contributed by atoms with Crippen LogP contribution in [0.2, 0.25) is 0 Å². The van der Waals surface area contributed by atoms with Crippen LogP contribution in [-0.4, -0.2) is 38.0 Å². The molecule has 0 aliphatic heterocycles. The zero-order chi connectivity index (χ0) is 19.6. The zero-order valence-corrected chi connectivity index (χ0v) is 15.3. The molecule has 0 aliphatic carbocycles. The molecule has 0 atom stereocenters. The Balaban J connectivity index is 1.71. The van der Waals surface area contributed by atoms with Gasteiger partial charge in [-0.25, -0.2) is 0 Å². The van der Waals surface area contributed by atoms with Gasteiger partial charge in [0.1, 0.15) is 5.75 Å². The molecule has 2 rings (SSSR count). The van der Waals surface area contributed by atoms with E-state index in [0.717, 1.165) is 5.56 Å². The summed E-state index contributed by atoms with van der Waals surface area (Å²) in [7, 11) is 1.50. The molecule has 0 heterocycles. The Kier molecular flexibility index (Phi) is 7.37. The molecule has 0 spiro atoms. The van der Waals surface area contributed by atoms with Gasteiger partial charge in [0, 0.05) is 12.1 Å². The van der Waals surface area contributed by atoms with Gasteiger partial charge in [-0.2, -0.15) is 0 Å². The first-order valence-corrected chi connectivity index (χ1v) is 8.43. The van der Waals surface area contributed by atoms with E-state index in [1.54, 1.807) is 36.4 Å². The predicted molar refractivity (Wildman–Crippen MR) is 101 cm³/mol. The van der Waals surface area contributed by atoms with E-state index in [9.17, 15) is 14.4 Å². The van der Waals surface area contributed by atoms with Gasteiger partial charge < -0.3 is 20.1 Å². The average Bonchev–Trinajstić information content (AvgIpc) is 2.67. The monoisotopic (exact) mass is 370 g/mol. The fraction of sp³-hybridized carbons (Fsp3) is 0.250. The van der Waals surface area contributed by atoms with Crippen LogP contribution in [0.15, 0.2) is 48.5 Å². The molecule has 2 N–H and O–H groups in total. The van der Waals surface area contributed by atoms with Crippen molar-refractivity contribution in [1.29, 1.82) is 0 Å². The van der Waals surface area contributed by atoms with Crippen LogP contribution in [0.5, 0.6) is 5.75 Å². The summed E-state index contributed by atoms with van der Waals surface area (Å²) >= 11 is 0. The number of hydrogen-bond donors (Lipinski definition) is 2. The van der Waals surface area contributed by atoms with Crippen molar-refractivity contribution in [2.45, 2.75) is 13.3 Å². The van der Waals surface area contributed by atoms with Crippen LogP contribution in [0.1, 0.15) is 22.3 Å². The fourth-order valence-electron chi connectivity index (χ4n) is 2.35. The van der Waals surface area contributed by atoms with Gasteiger partial charge >= 0.3 is 5.97 Å². The molecule has 0 unspecified atom stereocenters. The third kappa shape index (κ3) is 6.14. The minimum atomic E-state index is -0.574. The number of carbonyl (C=O) groups is 3. The molecule has 2 aromatic rings. The van der Waals surface area contributed by atoms with Gasteiger partial charge in [0.05, 0.1) is 19.2 Å². The number of benzene rings is 2. The molecule has 0 aromatic heterocycles. The van der Waals surface area contributed by atoms with E-state index in [0.29, 0.717) is 17.0 Å². The highest BCUT2D eigenvalue weighted by atomic mass is 16.5. The third-order valence-electron chi connectivity index (χ3n) is 3.75. The van der Waals surface area contributed by atoms with Crippen LogP contribution in [0.25, 0.3) is 0 Å². The minimum Gasteiger partial charge on any atom is -0.495 e. The second-order valence-electron chi connectivity index (χ2n) is 5.73. The standard InChI is InChI=1S/C20H22N2O5/c1-14-7-3-4-8-15(14)20(25)21-12-11-19(24)27-13-18(23)22-16-9-5-6-10-17(16)26-2/h3-10H,11-13H2,1-2H3,(H,21,25)(H,22,23). The minimum absolute atomic E-state index is 0.0282. The third-order valence-corrected chi connectivity index (χ3v) is 3.75. The SMILES string of the molecule is COc1ccccc1NC(=O)COC(=O)CCNC(=O)c1ccccc1C. The maximum atomic E-state index is 12.0. The topological polar surface area (TPSA) is 93.7 Å². The maximum absolute atomic E-state index is 12.0. The highest BCUT2D eigenvalue weighted by Gasteiger charge is 2.12. The van der Waals surface area contributed by atoms with Crippen molar-refractivity contribution in [3.63, 3.8) is 0 Å². The van der Waals surface area contributed by atoms with Gasteiger partial charge in [-0.3, -0.25) is 14.4 Å².